The van der Waals surface area contributed by atoms with Crippen LogP contribution in [-0.2, 0) is 11.3 Å². The molecule has 1 aromatic heterocycles. The molecule has 0 saturated heterocycles. The summed E-state index contributed by atoms with van der Waals surface area (Å²) in [5.74, 6) is 0.550. The van der Waals surface area contributed by atoms with Crippen molar-refractivity contribution in [3.05, 3.63) is 50.1 Å². The maximum Gasteiger partial charge on any atom is 0.266 e. The molecule has 0 spiro atoms. The van der Waals surface area contributed by atoms with E-state index in [1.54, 1.807) is 7.11 Å². The highest BCUT2D eigenvalue weighted by molar-refractivity contribution is 14.1. The fourth-order valence-corrected chi connectivity index (χ4v) is 1.94. The van der Waals surface area contributed by atoms with Gasteiger partial charge in [0.25, 0.3) is 5.56 Å². The van der Waals surface area contributed by atoms with E-state index in [2.05, 4.69) is 15.3 Å². The van der Waals surface area contributed by atoms with E-state index in [-0.39, 0.29) is 5.56 Å². The van der Waals surface area contributed by atoms with Crippen molar-refractivity contribution in [2.45, 2.75) is 6.61 Å². The Morgan fingerprint density at radius 3 is 3.11 bits per heavy atom. The van der Waals surface area contributed by atoms with Crippen LogP contribution >= 0.6 is 22.6 Å². The number of rotatable bonds is 4. The first kappa shape index (κ1) is 13.0. The predicted octanol–water partition coefficient (Wildman–Crippen LogP) is 2.26. The third-order valence-corrected chi connectivity index (χ3v) is 3.30. The van der Waals surface area contributed by atoms with E-state index in [0.29, 0.717) is 16.0 Å². The fourth-order valence-electron chi connectivity index (χ4n) is 1.51. The molecule has 0 radical (unpaired) electrons. The highest BCUT2D eigenvalue weighted by atomic mass is 127. The monoisotopic (exact) mass is 357 g/mol. The number of ether oxygens (including phenoxy) is 1. The number of hydrogen-bond acceptors (Lipinski definition) is 4. The van der Waals surface area contributed by atoms with Gasteiger partial charge in [0, 0.05) is 12.8 Å². The third-order valence-electron chi connectivity index (χ3n) is 2.30. The zero-order valence-electron chi connectivity index (χ0n) is 9.74. The SMILES string of the molecule is COCc1cccc(Nc2nc[nH]c(=O)c2I)c1. The number of methoxy groups -OCH3 is 1. The molecule has 5 nitrogen and oxygen atoms in total. The second-order valence-electron chi connectivity index (χ2n) is 3.65. The minimum Gasteiger partial charge on any atom is -0.380 e. The van der Waals surface area contributed by atoms with Gasteiger partial charge in [0.15, 0.2) is 5.82 Å². The number of benzene rings is 1. The van der Waals surface area contributed by atoms with Crippen LogP contribution in [-0.4, -0.2) is 17.1 Å². The van der Waals surface area contributed by atoms with Gasteiger partial charge in [-0.05, 0) is 40.3 Å². The first-order chi connectivity index (χ1) is 8.70. The molecule has 0 aliphatic heterocycles. The van der Waals surface area contributed by atoms with E-state index in [0.717, 1.165) is 11.3 Å². The van der Waals surface area contributed by atoms with Crippen molar-refractivity contribution in [1.82, 2.24) is 9.97 Å². The standard InChI is InChI=1S/C12H12IN3O2/c1-18-6-8-3-2-4-9(5-8)16-11-10(13)12(17)15-7-14-11/h2-5,7H,6H2,1H3,(H2,14,15,16,17). The predicted molar refractivity (Wildman–Crippen MR) is 78.0 cm³/mol. The number of anilines is 2. The smallest absolute Gasteiger partial charge is 0.266 e. The van der Waals surface area contributed by atoms with Gasteiger partial charge in [0.1, 0.15) is 3.57 Å². The van der Waals surface area contributed by atoms with Crippen LogP contribution in [0.25, 0.3) is 0 Å². The van der Waals surface area contributed by atoms with Gasteiger partial charge in [-0.2, -0.15) is 0 Å². The molecule has 6 heteroatoms. The molecular weight excluding hydrogens is 345 g/mol. The topological polar surface area (TPSA) is 67.0 Å². The Morgan fingerprint density at radius 1 is 1.50 bits per heavy atom. The minimum atomic E-state index is -0.152. The Labute approximate surface area is 118 Å². The molecule has 0 atom stereocenters. The zero-order chi connectivity index (χ0) is 13.0. The van der Waals surface area contributed by atoms with Crippen LogP contribution < -0.4 is 10.9 Å². The molecule has 0 bridgehead atoms. The van der Waals surface area contributed by atoms with Crippen LogP contribution in [0.15, 0.2) is 35.4 Å². The average Bonchev–Trinajstić information content (AvgIpc) is 2.36. The molecule has 0 fully saturated rings. The minimum absolute atomic E-state index is 0.152. The Bertz CT molecular complexity index is 598. The van der Waals surface area contributed by atoms with Gasteiger partial charge < -0.3 is 15.0 Å². The van der Waals surface area contributed by atoms with E-state index in [1.165, 1.54) is 6.33 Å². The molecule has 0 aliphatic carbocycles. The number of nitrogens with zero attached hydrogens (tertiary/aromatic N) is 1. The zero-order valence-corrected chi connectivity index (χ0v) is 11.9. The third kappa shape index (κ3) is 3.08. The first-order valence-electron chi connectivity index (χ1n) is 5.29. The summed E-state index contributed by atoms with van der Waals surface area (Å²) in [5.41, 5.74) is 1.78. The van der Waals surface area contributed by atoms with Crippen molar-refractivity contribution >= 4 is 34.1 Å². The Balaban J connectivity index is 2.25. The molecule has 1 aromatic carbocycles. The summed E-state index contributed by atoms with van der Waals surface area (Å²) in [7, 11) is 1.65. The number of hydrogen-bond donors (Lipinski definition) is 2. The normalized spacial score (nSPS) is 10.3. The van der Waals surface area contributed by atoms with Gasteiger partial charge in [-0.3, -0.25) is 4.79 Å². The summed E-state index contributed by atoms with van der Waals surface area (Å²) in [6.45, 7) is 0.551. The van der Waals surface area contributed by atoms with Gasteiger partial charge in [-0.25, -0.2) is 4.98 Å². The van der Waals surface area contributed by atoms with Crippen LogP contribution in [0.1, 0.15) is 5.56 Å². The molecule has 2 aromatic rings. The fraction of sp³-hybridized carbons (Fsp3) is 0.167. The quantitative estimate of drug-likeness (QED) is 0.824. The van der Waals surface area contributed by atoms with Crippen LogP contribution in [0.4, 0.5) is 11.5 Å². The molecule has 2 rings (SSSR count). The lowest BCUT2D eigenvalue weighted by atomic mass is 10.2. The second kappa shape index (κ2) is 5.96. The lowest BCUT2D eigenvalue weighted by Crippen LogP contribution is -2.12. The molecule has 0 unspecified atom stereocenters. The van der Waals surface area contributed by atoms with Crippen molar-refractivity contribution in [2.24, 2.45) is 0 Å². The number of nitrogens with one attached hydrogen (secondary N) is 2. The van der Waals surface area contributed by atoms with Crippen LogP contribution in [0.2, 0.25) is 0 Å². The van der Waals surface area contributed by atoms with Crippen molar-refractivity contribution < 1.29 is 4.74 Å². The Morgan fingerprint density at radius 2 is 2.33 bits per heavy atom. The average molecular weight is 357 g/mol. The van der Waals surface area contributed by atoms with Crippen molar-refractivity contribution in [3.8, 4) is 0 Å². The van der Waals surface area contributed by atoms with Gasteiger partial charge in [0.2, 0.25) is 0 Å². The molecular formula is C12H12IN3O2. The Hall–Kier alpha value is -1.41. The van der Waals surface area contributed by atoms with Crippen LogP contribution in [0.3, 0.4) is 0 Å². The van der Waals surface area contributed by atoms with Crippen molar-refractivity contribution in [1.29, 1.82) is 0 Å². The number of H-pyrrole nitrogens is 1. The van der Waals surface area contributed by atoms with Gasteiger partial charge in [-0.1, -0.05) is 12.1 Å². The van der Waals surface area contributed by atoms with E-state index >= 15 is 0 Å². The number of halogens is 1. The molecule has 0 aliphatic rings. The number of aromatic nitrogens is 2. The summed E-state index contributed by atoms with van der Waals surface area (Å²) < 4.78 is 5.61. The summed E-state index contributed by atoms with van der Waals surface area (Å²) in [5, 5.41) is 3.12. The number of aromatic amines is 1. The Kier molecular flexibility index (Phi) is 4.32. The second-order valence-corrected chi connectivity index (χ2v) is 4.73. The van der Waals surface area contributed by atoms with E-state index in [1.807, 2.05) is 46.9 Å². The van der Waals surface area contributed by atoms with E-state index < -0.39 is 0 Å². The van der Waals surface area contributed by atoms with Gasteiger partial charge >= 0.3 is 0 Å². The lowest BCUT2D eigenvalue weighted by molar-refractivity contribution is 0.185. The van der Waals surface area contributed by atoms with Crippen LogP contribution in [0, 0.1) is 3.57 Å². The molecule has 1 heterocycles. The molecule has 0 amide bonds. The van der Waals surface area contributed by atoms with E-state index in [9.17, 15) is 4.79 Å². The summed E-state index contributed by atoms with van der Waals surface area (Å²) in [6, 6.07) is 7.78. The maximum atomic E-state index is 11.4. The summed E-state index contributed by atoms with van der Waals surface area (Å²) >= 11 is 1.96. The molecule has 0 saturated carbocycles. The van der Waals surface area contributed by atoms with E-state index in [4.69, 9.17) is 4.74 Å². The van der Waals surface area contributed by atoms with Crippen molar-refractivity contribution in [2.75, 3.05) is 12.4 Å². The van der Waals surface area contributed by atoms with Crippen molar-refractivity contribution in [3.63, 3.8) is 0 Å². The largest absolute Gasteiger partial charge is 0.380 e. The first-order valence-corrected chi connectivity index (χ1v) is 6.36. The molecule has 94 valence electrons. The highest BCUT2D eigenvalue weighted by Gasteiger charge is 2.05. The molecule has 18 heavy (non-hydrogen) atoms. The highest BCUT2D eigenvalue weighted by Crippen LogP contribution is 2.18. The van der Waals surface area contributed by atoms with Crippen LogP contribution in [0.5, 0.6) is 0 Å². The summed E-state index contributed by atoms with van der Waals surface area (Å²) in [6.07, 6.45) is 1.38. The van der Waals surface area contributed by atoms with Gasteiger partial charge in [-0.15, -0.1) is 0 Å². The van der Waals surface area contributed by atoms with Gasteiger partial charge in [0.05, 0.1) is 12.9 Å². The lowest BCUT2D eigenvalue weighted by Gasteiger charge is -2.08. The maximum absolute atomic E-state index is 11.4. The molecule has 2 N–H and O–H groups in total. The summed E-state index contributed by atoms with van der Waals surface area (Å²) in [4.78, 5) is 18.1.